The molecule has 1 N–H and O–H groups in total. The lowest BCUT2D eigenvalue weighted by Gasteiger charge is -2.23. The normalized spacial score (nSPS) is 24.8. The van der Waals surface area contributed by atoms with Crippen LogP contribution in [0.5, 0.6) is 0 Å². The highest BCUT2D eigenvalue weighted by molar-refractivity contribution is 5.85. The zero-order valence-corrected chi connectivity index (χ0v) is 12.5. The van der Waals surface area contributed by atoms with Gasteiger partial charge in [-0.1, -0.05) is 6.92 Å². The van der Waals surface area contributed by atoms with Crippen LogP contribution in [0.25, 0.3) is 0 Å². The van der Waals surface area contributed by atoms with E-state index in [0.29, 0.717) is 25.3 Å². The van der Waals surface area contributed by atoms with Gasteiger partial charge in [-0.3, -0.25) is 14.6 Å². The largest absolute Gasteiger partial charge is 0.481 e. The van der Waals surface area contributed by atoms with Crippen LogP contribution in [-0.4, -0.2) is 40.5 Å². The molecule has 1 aliphatic carbocycles. The number of hydrogen-bond acceptors (Lipinski definition) is 3. The van der Waals surface area contributed by atoms with Crippen LogP contribution in [-0.2, 0) is 16.0 Å². The molecule has 5 heteroatoms. The summed E-state index contributed by atoms with van der Waals surface area (Å²) in [7, 11) is 1.76. The van der Waals surface area contributed by atoms with Crippen molar-refractivity contribution in [3.63, 3.8) is 0 Å². The molecule has 1 heterocycles. The Morgan fingerprint density at radius 3 is 2.52 bits per heavy atom. The summed E-state index contributed by atoms with van der Waals surface area (Å²) in [5.41, 5.74) is 1.12. The van der Waals surface area contributed by atoms with Crippen LogP contribution >= 0.6 is 0 Å². The Labute approximate surface area is 125 Å². The molecule has 3 unspecified atom stereocenters. The number of nitrogens with zero attached hydrogens (tertiary/aromatic N) is 2. The van der Waals surface area contributed by atoms with Gasteiger partial charge in [0.2, 0.25) is 5.91 Å². The molecule has 0 bridgehead atoms. The van der Waals surface area contributed by atoms with E-state index in [4.69, 9.17) is 0 Å². The third kappa shape index (κ3) is 3.80. The van der Waals surface area contributed by atoms with Gasteiger partial charge in [-0.2, -0.15) is 0 Å². The van der Waals surface area contributed by atoms with E-state index in [1.54, 1.807) is 24.3 Å². The van der Waals surface area contributed by atoms with Gasteiger partial charge in [0.25, 0.3) is 0 Å². The SMILES string of the molecule is CC1CC(C(=O)O)C(C(=O)N(C)CCc2ccncc2)C1. The first-order chi connectivity index (χ1) is 9.99. The second-order valence-corrected chi connectivity index (χ2v) is 5.99. The molecule has 1 saturated carbocycles. The van der Waals surface area contributed by atoms with Crippen LogP contribution in [0.15, 0.2) is 24.5 Å². The molecular weight excluding hydrogens is 268 g/mol. The van der Waals surface area contributed by atoms with Gasteiger partial charge in [0.1, 0.15) is 0 Å². The van der Waals surface area contributed by atoms with Crippen molar-refractivity contribution in [1.29, 1.82) is 0 Å². The Kier molecular flexibility index (Phi) is 4.94. The molecule has 5 nitrogen and oxygen atoms in total. The van der Waals surface area contributed by atoms with E-state index in [1.807, 2.05) is 19.1 Å². The number of carboxylic acid groups (broad SMARTS) is 1. The molecule has 0 radical (unpaired) electrons. The Hall–Kier alpha value is -1.91. The summed E-state index contributed by atoms with van der Waals surface area (Å²) < 4.78 is 0. The molecule has 1 aromatic heterocycles. The van der Waals surface area contributed by atoms with Gasteiger partial charge in [-0.05, 0) is 42.9 Å². The molecule has 1 fully saturated rings. The third-order valence-electron chi connectivity index (χ3n) is 4.29. The van der Waals surface area contributed by atoms with Crippen molar-refractivity contribution < 1.29 is 14.7 Å². The number of carbonyl (C=O) groups excluding carboxylic acids is 1. The van der Waals surface area contributed by atoms with Crippen molar-refractivity contribution in [2.45, 2.75) is 26.2 Å². The monoisotopic (exact) mass is 290 g/mol. The number of amides is 1. The van der Waals surface area contributed by atoms with Crippen molar-refractivity contribution >= 4 is 11.9 Å². The van der Waals surface area contributed by atoms with Crippen LogP contribution in [0, 0.1) is 17.8 Å². The van der Waals surface area contributed by atoms with Crippen molar-refractivity contribution in [3.05, 3.63) is 30.1 Å². The Morgan fingerprint density at radius 1 is 1.29 bits per heavy atom. The fourth-order valence-electron chi connectivity index (χ4n) is 3.08. The summed E-state index contributed by atoms with van der Waals surface area (Å²) in [6.07, 6.45) is 5.50. The standard InChI is InChI=1S/C16H22N2O3/c1-11-9-13(14(10-11)16(20)21)15(19)18(2)8-5-12-3-6-17-7-4-12/h3-4,6-7,11,13-14H,5,8-10H2,1-2H3,(H,20,21). The smallest absolute Gasteiger partial charge is 0.307 e. The van der Waals surface area contributed by atoms with E-state index in [9.17, 15) is 14.7 Å². The van der Waals surface area contributed by atoms with Gasteiger partial charge in [-0.15, -0.1) is 0 Å². The summed E-state index contributed by atoms with van der Waals surface area (Å²) >= 11 is 0. The Balaban J connectivity index is 1.94. The lowest BCUT2D eigenvalue weighted by atomic mass is 9.95. The molecular formula is C16H22N2O3. The quantitative estimate of drug-likeness (QED) is 0.898. The minimum absolute atomic E-state index is 0.0409. The molecule has 114 valence electrons. The van der Waals surface area contributed by atoms with Gasteiger partial charge in [0.15, 0.2) is 0 Å². The fraction of sp³-hybridized carbons (Fsp3) is 0.562. The molecule has 1 amide bonds. The van der Waals surface area contributed by atoms with E-state index < -0.39 is 11.9 Å². The maximum absolute atomic E-state index is 12.5. The Morgan fingerprint density at radius 2 is 1.90 bits per heavy atom. The number of hydrogen-bond donors (Lipinski definition) is 1. The Bertz CT molecular complexity index is 504. The molecule has 0 saturated heterocycles. The number of aromatic nitrogens is 1. The van der Waals surface area contributed by atoms with Crippen LogP contribution < -0.4 is 0 Å². The summed E-state index contributed by atoms with van der Waals surface area (Å²) in [4.78, 5) is 29.4. The van der Waals surface area contributed by atoms with E-state index in [2.05, 4.69) is 4.98 Å². The van der Waals surface area contributed by atoms with Gasteiger partial charge < -0.3 is 10.0 Å². The molecule has 0 spiro atoms. The van der Waals surface area contributed by atoms with Crippen LogP contribution in [0.4, 0.5) is 0 Å². The van der Waals surface area contributed by atoms with Crippen LogP contribution in [0.2, 0.25) is 0 Å². The number of pyridine rings is 1. The molecule has 1 aliphatic rings. The van der Waals surface area contributed by atoms with Crippen molar-refractivity contribution in [3.8, 4) is 0 Å². The maximum atomic E-state index is 12.5. The minimum atomic E-state index is -0.847. The summed E-state index contributed by atoms with van der Waals surface area (Å²) in [5.74, 6) is -1.49. The average Bonchev–Trinajstić information content (AvgIpc) is 2.87. The van der Waals surface area contributed by atoms with Gasteiger partial charge in [0.05, 0.1) is 11.8 Å². The summed E-state index contributed by atoms with van der Waals surface area (Å²) in [5, 5.41) is 9.26. The molecule has 21 heavy (non-hydrogen) atoms. The number of carboxylic acids is 1. The highest BCUT2D eigenvalue weighted by Gasteiger charge is 2.42. The van der Waals surface area contributed by atoms with Gasteiger partial charge >= 0.3 is 5.97 Å². The first kappa shape index (κ1) is 15.5. The second kappa shape index (κ2) is 6.70. The van der Waals surface area contributed by atoms with Crippen molar-refractivity contribution in [2.75, 3.05) is 13.6 Å². The maximum Gasteiger partial charge on any atom is 0.307 e. The predicted molar refractivity (Wildman–Crippen MR) is 78.6 cm³/mol. The lowest BCUT2D eigenvalue weighted by molar-refractivity contribution is -0.148. The van der Waals surface area contributed by atoms with Gasteiger partial charge in [0, 0.05) is 26.0 Å². The minimum Gasteiger partial charge on any atom is -0.481 e. The fourth-order valence-corrected chi connectivity index (χ4v) is 3.08. The second-order valence-electron chi connectivity index (χ2n) is 5.99. The lowest BCUT2D eigenvalue weighted by Crippen LogP contribution is -2.37. The predicted octanol–water partition coefficient (Wildman–Crippen LogP) is 1.83. The molecule has 0 aromatic carbocycles. The van der Waals surface area contributed by atoms with Crippen molar-refractivity contribution in [1.82, 2.24) is 9.88 Å². The molecule has 0 aliphatic heterocycles. The van der Waals surface area contributed by atoms with E-state index in [0.717, 1.165) is 12.0 Å². The molecule has 3 atom stereocenters. The zero-order valence-electron chi connectivity index (χ0n) is 12.5. The number of rotatable bonds is 5. The summed E-state index contributed by atoms with van der Waals surface area (Å²) in [6, 6.07) is 3.85. The number of carbonyl (C=O) groups is 2. The number of likely N-dealkylation sites (N-methyl/N-ethyl adjacent to an activating group) is 1. The van der Waals surface area contributed by atoms with Gasteiger partial charge in [-0.25, -0.2) is 0 Å². The van der Waals surface area contributed by atoms with E-state index in [1.165, 1.54) is 0 Å². The van der Waals surface area contributed by atoms with E-state index >= 15 is 0 Å². The van der Waals surface area contributed by atoms with Crippen LogP contribution in [0.1, 0.15) is 25.3 Å². The number of aliphatic carboxylic acids is 1. The summed E-state index contributed by atoms with van der Waals surface area (Å²) in [6.45, 7) is 2.61. The molecule has 1 aromatic rings. The molecule has 2 rings (SSSR count). The highest BCUT2D eigenvalue weighted by atomic mass is 16.4. The highest BCUT2D eigenvalue weighted by Crippen LogP contribution is 2.37. The topological polar surface area (TPSA) is 70.5 Å². The first-order valence-corrected chi connectivity index (χ1v) is 7.35. The average molecular weight is 290 g/mol. The van der Waals surface area contributed by atoms with E-state index in [-0.39, 0.29) is 11.8 Å². The van der Waals surface area contributed by atoms with Crippen LogP contribution in [0.3, 0.4) is 0 Å². The first-order valence-electron chi connectivity index (χ1n) is 7.35. The van der Waals surface area contributed by atoms with Crippen molar-refractivity contribution in [2.24, 2.45) is 17.8 Å². The third-order valence-corrected chi connectivity index (χ3v) is 4.29. The zero-order chi connectivity index (χ0) is 15.4.